The van der Waals surface area contributed by atoms with E-state index in [-0.39, 0.29) is 11.5 Å². The molecular formula is C14H18N2O2. The van der Waals surface area contributed by atoms with E-state index in [1.54, 1.807) is 0 Å². The Bertz CT molecular complexity index is 442. The second-order valence-corrected chi connectivity index (χ2v) is 5.38. The molecule has 1 spiro atoms. The number of rotatable bonds is 3. The molecular weight excluding hydrogens is 228 g/mol. The van der Waals surface area contributed by atoms with Gasteiger partial charge in [-0.25, -0.2) is 0 Å². The van der Waals surface area contributed by atoms with Crippen LogP contribution >= 0.6 is 0 Å². The fourth-order valence-electron chi connectivity index (χ4n) is 3.16. The summed E-state index contributed by atoms with van der Waals surface area (Å²) in [5.41, 5.74) is 1.08. The van der Waals surface area contributed by atoms with Crippen molar-refractivity contribution in [2.45, 2.75) is 18.5 Å². The normalized spacial score (nSPS) is 31.4. The standard InChI is InChI=1S/C14H18N2O2/c17-13(18)12-9-16(10-14(12)6-7-15-14)8-11-4-2-1-3-5-11/h1-5,12,15H,6-10H2,(H,17,18)/t12-,14+/m1/s1. The molecule has 0 radical (unpaired) electrons. The van der Waals surface area contributed by atoms with E-state index in [4.69, 9.17) is 0 Å². The van der Waals surface area contributed by atoms with Crippen LogP contribution in [-0.2, 0) is 11.3 Å². The number of nitrogens with one attached hydrogen (secondary N) is 1. The van der Waals surface area contributed by atoms with Crippen LogP contribution in [0.15, 0.2) is 30.3 Å². The highest BCUT2D eigenvalue weighted by atomic mass is 16.4. The van der Waals surface area contributed by atoms with Gasteiger partial charge in [0.2, 0.25) is 0 Å². The molecule has 0 aromatic heterocycles. The summed E-state index contributed by atoms with van der Waals surface area (Å²) >= 11 is 0. The molecule has 0 unspecified atom stereocenters. The summed E-state index contributed by atoms with van der Waals surface area (Å²) in [6, 6.07) is 10.2. The molecule has 1 aromatic carbocycles. The van der Waals surface area contributed by atoms with Gasteiger partial charge in [-0.15, -0.1) is 0 Å². The molecule has 2 atom stereocenters. The number of carboxylic acid groups (broad SMARTS) is 1. The highest BCUT2D eigenvalue weighted by molar-refractivity contribution is 5.73. The lowest BCUT2D eigenvalue weighted by molar-refractivity contribution is -0.144. The van der Waals surface area contributed by atoms with Gasteiger partial charge in [-0.1, -0.05) is 30.3 Å². The molecule has 1 aromatic rings. The molecule has 0 aliphatic carbocycles. The number of carbonyl (C=O) groups is 1. The van der Waals surface area contributed by atoms with Crippen LogP contribution in [0.25, 0.3) is 0 Å². The zero-order valence-corrected chi connectivity index (χ0v) is 10.3. The molecule has 96 valence electrons. The lowest BCUT2D eigenvalue weighted by Crippen LogP contribution is -2.63. The number of nitrogens with zero attached hydrogens (tertiary/aromatic N) is 1. The molecule has 2 aliphatic rings. The lowest BCUT2D eigenvalue weighted by Gasteiger charge is -2.42. The third-order valence-corrected chi connectivity index (χ3v) is 4.21. The van der Waals surface area contributed by atoms with Gasteiger partial charge in [0.25, 0.3) is 0 Å². The predicted octanol–water partition coefficient (Wildman–Crippen LogP) is 0.935. The molecule has 2 saturated heterocycles. The van der Waals surface area contributed by atoms with Crippen LogP contribution in [0.2, 0.25) is 0 Å². The van der Waals surface area contributed by atoms with Crippen LogP contribution in [0.4, 0.5) is 0 Å². The second kappa shape index (κ2) is 4.37. The van der Waals surface area contributed by atoms with E-state index in [1.165, 1.54) is 5.56 Å². The van der Waals surface area contributed by atoms with Gasteiger partial charge in [-0.05, 0) is 18.5 Å². The Labute approximate surface area is 107 Å². The van der Waals surface area contributed by atoms with E-state index in [1.807, 2.05) is 18.2 Å². The summed E-state index contributed by atoms with van der Waals surface area (Å²) in [7, 11) is 0. The maximum Gasteiger partial charge on any atom is 0.309 e. The van der Waals surface area contributed by atoms with Gasteiger partial charge < -0.3 is 10.4 Å². The van der Waals surface area contributed by atoms with Crippen molar-refractivity contribution in [2.75, 3.05) is 19.6 Å². The number of hydrogen-bond acceptors (Lipinski definition) is 3. The van der Waals surface area contributed by atoms with Gasteiger partial charge in [0.1, 0.15) is 0 Å². The molecule has 2 N–H and O–H groups in total. The third kappa shape index (κ3) is 1.91. The first-order valence-corrected chi connectivity index (χ1v) is 6.44. The highest BCUT2D eigenvalue weighted by Crippen LogP contribution is 2.36. The van der Waals surface area contributed by atoms with Crippen molar-refractivity contribution < 1.29 is 9.90 Å². The SMILES string of the molecule is O=C(O)[C@H]1CN(Cc2ccccc2)C[C@@]12CCN2. The quantitative estimate of drug-likeness (QED) is 0.833. The molecule has 0 saturated carbocycles. The maximum atomic E-state index is 11.3. The van der Waals surface area contributed by atoms with Crippen LogP contribution in [0, 0.1) is 5.92 Å². The number of aliphatic carboxylic acids is 1. The molecule has 2 aliphatic heterocycles. The Morgan fingerprint density at radius 1 is 1.44 bits per heavy atom. The molecule has 4 heteroatoms. The number of hydrogen-bond donors (Lipinski definition) is 2. The van der Waals surface area contributed by atoms with Crippen molar-refractivity contribution in [1.29, 1.82) is 0 Å². The fraction of sp³-hybridized carbons (Fsp3) is 0.500. The Hall–Kier alpha value is -1.39. The van der Waals surface area contributed by atoms with E-state index >= 15 is 0 Å². The van der Waals surface area contributed by atoms with E-state index < -0.39 is 5.97 Å². The van der Waals surface area contributed by atoms with Crippen molar-refractivity contribution in [3.8, 4) is 0 Å². The van der Waals surface area contributed by atoms with Crippen LogP contribution in [0.1, 0.15) is 12.0 Å². The van der Waals surface area contributed by atoms with Gasteiger partial charge in [0.15, 0.2) is 0 Å². The summed E-state index contributed by atoms with van der Waals surface area (Å²) in [4.78, 5) is 13.6. The van der Waals surface area contributed by atoms with Crippen molar-refractivity contribution >= 4 is 5.97 Å². The summed E-state index contributed by atoms with van der Waals surface area (Å²) in [5.74, 6) is -0.937. The van der Waals surface area contributed by atoms with Gasteiger partial charge in [-0.3, -0.25) is 9.69 Å². The number of carboxylic acids is 1. The summed E-state index contributed by atoms with van der Waals surface area (Å²) in [5, 5.41) is 12.7. The van der Waals surface area contributed by atoms with Crippen molar-refractivity contribution in [1.82, 2.24) is 10.2 Å². The van der Waals surface area contributed by atoms with E-state index in [0.717, 1.165) is 26.1 Å². The number of likely N-dealkylation sites (tertiary alicyclic amines) is 1. The molecule has 18 heavy (non-hydrogen) atoms. The first-order valence-electron chi connectivity index (χ1n) is 6.44. The summed E-state index contributed by atoms with van der Waals surface area (Å²) in [6.07, 6.45) is 0.981. The minimum absolute atomic E-state index is 0.166. The van der Waals surface area contributed by atoms with Crippen LogP contribution in [0.5, 0.6) is 0 Å². The molecule has 2 heterocycles. The van der Waals surface area contributed by atoms with E-state index in [0.29, 0.717) is 6.54 Å². The topological polar surface area (TPSA) is 52.6 Å². The zero-order valence-electron chi connectivity index (χ0n) is 10.3. The van der Waals surface area contributed by atoms with Crippen molar-refractivity contribution in [2.24, 2.45) is 5.92 Å². The van der Waals surface area contributed by atoms with E-state index in [9.17, 15) is 9.90 Å². The average molecular weight is 246 g/mol. The summed E-state index contributed by atoms with van der Waals surface area (Å²) < 4.78 is 0. The monoisotopic (exact) mass is 246 g/mol. The third-order valence-electron chi connectivity index (χ3n) is 4.21. The smallest absolute Gasteiger partial charge is 0.309 e. The van der Waals surface area contributed by atoms with E-state index in [2.05, 4.69) is 22.3 Å². The maximum absolute atomic E-state index is 11.3. The first-order chi connectivity index (χ1) is 8.70. The second-order valence-electron chi connectivity index (χ2n) is 5.38. The van der Waals surface area contributed by atoms with Crippen molar-refractivity contribution in [3.63, 3.8) is 0 Å². The van der Waals surface area contributed by atoms with Gasteiger partial charge in [0.05, 0.1) is 5.92 Å². The Morgan fingerprint density at radius 3 is 2.67 bits per heavy atom. The fourth-order valence-corrected chi connectivity index (χ4v) is 3.16. The van der Waals surface area contributed by atoms with Gasteiger partial charge >= 0.3 is 5.97 Å². The molecule has 0 amide bonds. The average Bonchev–Trinajstić information content (AvgIpc) is 2.70. The van der Waals surface area contributed by atoms with Crippen LogP contribution in [-0.4, -0.2) is 41.1 Å². The molecule has 3 rings (SSSR count). The predicted molar refractivity (Wildman–Crippen MR) is 68.2 cm³/mol. The zero-order chi connectivity index (χ0) is 12.6. The van der Waals surface area contributed by atoms with Gasteiger partial charge in [-0.2, -0.15) is 0 Å². The van der Waals surface area contributed by atoms with Crippen LogP contribution < -0.4 is 5.32 Å². The van der Waals surface area contributed by atoms with Gasteiger partial charge in [0, 0.05) is 25.2 Å². The number of benzene rings is 1. The Morgan fingerprint density at radius 2 is 2.17 bits per heavy atom. The largest absolute Gasteiger partial charge is 0.481 e. The first kappa shape index (κ1) is 11.7. The Kier molecular flexibility index (Phi) is 2.84. The Balaban J connectivity index is 1.71. The molecule has 2 fully saturated rings. The summed E-state index contributed by atoms with van der Waals surface area (Å²) in [6.45, 7) is 3.28. The molecule has 4 nitrogen and oxygen atoms in total. The lowest BCUT2D eigenvalue weighted by atomic mass is 9.78. The van der Waals surface area contributed by atoms with Crippen LogP contribution in [0.3, 0.4) is 0 Å². The van der Waals surface area contributed by atoms with Crippen molar-refractivity contribution in [3.05, 3.63) is 35.9 Å². The minimum Gasteiger partial charge on any atom is -0.481 e. The highest BCUT2D eigenvalue weighted by Gasteiger charge is 2.53. The minimum atomic E-state index is -0.669. The molecule has 0 bridgehead atoms.